The zero-order valence-corrected chi connectivity index (χ0v) is 16.6. The second-order valence-corrected chi connectivity index (χ2v) is 8.14. The molecule has 0 aromatic heterocycles. The number of amides is 1. The SMILES string of the molecule is CCc1ccccc1NC(=O)c1ccc(NS(=O)(=O)c2ccc(C)cc2)cc1. The quantitative estimate of drug-likeness (QED) is 0.641. The van der Waals surface area contributed by atoms with E-state index in [1.165, 1.54) is 0 Å². The summed E-state index contributed by atoms with van der Waals surface area (Å²) in [6.45, 7) is 3.92. The van der Waals surface area contributed by atoms with Crippen LogP contribution in [0.3, 0.4) is 0 Å². The lowest BCUT2D eigenvalue weighted by Gasteiger charge is -2.11. The number of aryl methyl sites for hydroxylation is 2. The van der Waals surface area contributed by atoms with Crippen LogP contribution in [0.25, 0.3) is 0 Å². The van der Waals surface area contributed by atoms with Gasteiger partial charge in [-0.25, -0.2) is 8.42 Å². The van der Waals surface area contributed by atoms with Crippen LogP contribution in [0.4, 0.5) is 11.4 Å². The van der Waals surface area contributed by atoms with Crippen molar-refractivity contribution in [3.8, 4) is 0 Å². The summed E-state index contributed by atoms with van der Waals surface area (Å²) in [6, 6.07) is 20.6. The van der Waals surface area contributed by atoms with E-state index in [2.05, 4.69) is 10.0 Å². The highest BCUT2D eigenvalue weighted by Crippen LogP contribution is 2.19. The molecule has 0 saturated carbocycles. The summed E-state index contributed by atoms with van der Waals surface area (Å²) < 4.78 is 27.4. The molecule has 0 spiro atoms. The van der Waals surface area contributed by atoms with Gasteiger partial charge in [0.25, 0.3) is 15.9 Å². The standard InChI is InChI=1S/C22H22N2O3S/c1-3-17-6-4-5-7-21(17)23-22(25)18-10-12-19(13-11-18)24-28(26,27)20-14-8-16(2)9-15-20/h4-15,24H,3H2,1-2H3,(H,23,25). The fraction of sp³-hybridized carbons (Fsp3) is 0.136. The molecule has 0 heterocycles. The number of carbonyl (C=O) groups is 1. The van der Waals surface area contributed by atoms with Crippen LogP contribution in [0.5, 0.6) is 0 Å². The van der Waals surface area contributed by atoms with Gasteiger partial charge in [-0.2, -0.15) is 0 Å². The third-order valence-electron chi connectivity index (χ3n) is 4.38. The van der Waals surface area contributed by atoms with Crippen LogP contribution >= 0.6 is 0 Å². The van der Waals surface area contributed by atoms with Gasteiger partial charge in [0, 0.05) is 16.9 Å². The summed E-state index contributed by atoms with van der Waals surface area (Å²) >= 11 is 0. The Morgan fingerprint density at radius 1 is 0.893 bits per heavy atom. The molecule has 0 unspecified atom stereocenters. The molecule has 28 heavy (non-hydrogen) atoms. The van der Waals surface area contributed by atoms with E-state index >= 15 is 0 Å². The van der Waals surface area contributed by atoms with E-state index in [1.807, 2.05) is 38.1 Å². The van der Waals surface area contributed by atoms with Crippen molar-refractivity contribution < 1.29 is 13.2 Å². The van der Waals surface area contributed by atoms with Crippen molar-refractivity contribution >= 4 is 27.3 Å². The molecular formula is C22H22N2O3S. The molecule has 0 bridgehead atoms. The average Bonchev–Trinajstić information content (AvgIpc) is 2.69. The van der Waals surface area contributed by atoms with Gasteiger partial charge in [-0.3, -0.25) is 9.52 Å². The largest absolute Gasteiger partial charge is 0.322 e. The van der Waals surface area contributed by atoms with Crippen LogP contribution in [-0.2, 0) is 16.4 Å². The first-order valence-corrected chi connectivity index (χ1v) is 10.5. The van der Waals surface area contributed by atoms with E-state index in [0.717, 1.165) is 23.2 Å². The Labute approximate surface area is 165 Å². The van der Waals surface area contributed by atoms with Gasteiger partial charge < -0.3 is 5.32 Å². The Kier molecular flexibility index (Phi) is 5.80. The zero-order chi connectivity index (χ0) is 20.1. The fourth-order valence-corrected chi connectivity index (χ4v) is 3.82. The van der Waals surface area contributed by atoms with Gasteiger partial charge in [-0.15, -0.1) is 0 Å². The summed E-state index contributed by atoms with van der Waals surface area (Å²) in [5.74, 6) is -0.242. The van der Waals surface area contributed by atoms with E-state index < -0.39 is 10.0 Å². The molecule has 6 heteroatoms. The zero-order valence-electron chi connectivity index (χ0n) is 15.8. The Bertz CT molecular complexity index is 1070. The van der Waals surface area contributed by atoms with Crippen LogP contribution in [0.15, 0.2) is 77.7 Å². The highest BCUT2D eigenvalue weighted by Gasteiger charge is 2.14. The predicted octanol–water partition coefficient (Wildman–Crippen LogP) is 4.61. The van der Waals surface area contributed by atoms with Crippen molar-refractivity contribution in [3.63, 3.8) is 0 Å². The van der Waals surface area contributed by atoms with Crippen molar-refractivity contribution in [2.75, 3.05) is 10.0 Å². The molecule has 2 N–H and O–H groups in total. The van der Waals surface area contributed by atoms with Gasteiger partial charge in [0.1, 0.15) is 0 Å². The van der Waals surface area contributed by atoms with Gasteiger partial charge in [0.2, 0.25) is 0 Å². The van der Waals surface area contributed by atoms with Crippen LogP contribution < -0.4 is 10.0 Å². The minimum absolute atomic E-state index is 0.191. The molecular weight excluding hydrogens is 372 g/mol. The lowest BCUT2D eigenvalue weighted by atomic mass is 10.1. The van der Waals surface area contributed by atoms with E-state index in [-0.39, 0.29) is 10.8 Å². The van der Waals surface area contributed by atoms with Crippen molar-refractivity contribution in [1.82, 2.24) is 0 Å². The lowest BCUT2D eigenvalue weighted by Crippen LogP contribution is -2.14. The highest BCUT2D eigenvalue weighted by molar-refractivity contribution is 7.92. The maximum atomic E-state index is 12.5. The van der Waals surface area contributed by atoms with Crippen LogP contribution in [0, 0.1) is 6.92 Å². The Balaban J connectivity index is 1.72. The number of anilines is 2. The number of carbonyl (C=O) groups excluding carboxylic acids is 1. The molecule has 5 nitrogen and oxygen atoms in total. The molecule has 3 aromatic carbocycles. The molecule has 3 aromatic rings. The topological polar surface area (TPSA) is 75.3 Å². The van der Waals surface area contributed by atoms with Crippen LogP contribution in [0.1, 0.15) is 28.4 Å². The normalized spacial score (nSPS) is 11.1. The summed E-state index contributed by atoms with van der Waals surface area (Å²) in [7, 11) is -3.67. The van der Waals surface area contributed by atoms with E-state index in [0.29, 0.717) is 11.3 Å². The minimum Gasteiger partial charge on any atom is -0.322 e. The molecule has 0 atom stereocenters. The Morgan fingerprint density at radius 3 is 2.18 bits per heavy atom. The number of hydrogen-bond acceptors (Lipinski definition) is 3. The smallest absolute Gasteiger partial charge is 0.261 e. The number of para-hydroxylation sites is 1. The molecule has 0 aliphatic rings. The lowest BCUT2D eigenvalue weighted by molar-refractivity contribution is 0.102. The molecule has 1 amide bonds. The molecule has 0 aliphatic heterocycles. The number of nitrogens with one attached hydrogen (secondary N) is 2. The number of benzene rings is 3. The van der Waals surface area contributed by atoms with Crippen molar-refractivity contribution in [1.29, 1.82) is 0 Å². The second-order valence-electron chi connectivity index (χ2n) is 6.46. The highest BCUT2D eigenvalue weighted by atomic mass is 32.2. The van der Waals surface area contributed by atoms with Crippen molar-refractivity contribution in [2.24, 2.45) is 0 Å². The first-order chi connectivity index (χ1) is 13.4. The number of rotatable bonds is 6. The molecule has 0 aliphatic carbocycles. The van der Waals surface area contributed by atoms with Crippen molar-refractivity contribution in [2.45, 2.75) is 25.2 Å². The molecule has 144 valence electrons. The first kappa shape index (κ1) is 19.6. The average molecular weight is 394 g/mol. The monoisotopic (exact) mass is 394 g/mol. The number of sulfonamides is 1. The van der Waals surface area contributed by atoms with E-state index in [1.54, 1.807) is 48.5 Å². The molecule has 3 rings (SSSR count). The molecule has 0 saturated heterocycles. The Morgan fingerprint density at radius 2 is 1.54 bits per heavy atom. The van der Waals surface area contributed by atoms with Gasteiger partial charge in [-0.05, 0) is 61.4 Å². The van der Waals surface area contributed by atoms with Crippen LogP contribution in [-0.4, -0.2) is 14.3 Å². The fourth-order valence-electron chi connectivity index (χ4n) is 2.77. The van der Waals surface area contributed by atoms with Gasteiger partial charge in [0.15, 0.2) is 0 Å². The van der Waals surface area contributed by atoms with Gasteiger partial charge >= 0.3 is 0 Å². The van der Waals surface area contributed by atoms with E-state index in [4.69, 9.17) is 0 Å². The maximum Gasteiger partial charge on any atom is 0.261 e. The summed E-state index contributed by atoms with van der Waals surface area (Å²) in [5, 5.41) is 2.90. The minimum atomic E-state index is -3.67. The molecule has 0 fully saturated rings. The predicted molar refractivity (Wildman–Crippen MR) is 112 cm³/mol. The Hall–Kier alpha value is -3.12. The summed E-state index contributed by atoms with van der Waals surface area (Å²) in [5.41, 5.74) is 3.66. The number of hydrogen-bond donors (Lipinski definition) is 2. The van der Waals surface area contributed by atoms with Gasteiger partial charge in [0.05, 0.1) is 4.90 Å². The summed E-state index contributed by atoms with van der Waals surface area (Å²) in [4.78, 5) is 12.7. The van der Waals surface area contributed by atoms with Crippen molar-refractivity contribution in [3.05, 3.63) is 89.5 Å². The second kappa shape index (κ2) is 8.27. The third-order valence-corrected chi connectivity index (χ3v) is 5.77. The third kappa shape index (κ3) is 4.58. The maximum absolute atomic E-state index is 12.5. The van der Waals surface area contributed by atoms with E-state index in [9.17, 15) is 13.2 Å². The summed E-state index contributed by atoms with van der Waals surface area (Å²) in [6.07, 6.45) is 0.816. The molecule has 0 radical (unpaired) electrons. The van der Waals surface area contributed by atoms with Crippen LogP contribution in [0.2, 0.25) is 0 Å². The first-order valence-electron chi connectivity index (χ1n) is 8.98. The van der Waals surface area contributed by atoms with Gasteiger partial charge in [-0.1, -0.05) is 42.8 Å².